The van der Waals surface area contributed by atoms with Gasteiger partial charge in [-0.25, -0.2) is 4.39 Å². The first-order valence-electron chi connectivity index (χ1n) is 5.73. The third-order valence-electron chi connectivity index (χ3n) is 2.67. The minimum Gasteiger partial charge on any atom is -0.280 e. The summed E-state index contributed by atoms with van der Waals surface area (Å²) in [5.74, 6) is -0.450. The first-order valence-corrected chi connectivity index (χ1v) is 5.73. The molecule has 0 spiro atoms. The fourth-order valence-corrected chi connectivity index (χ4v) is 1.64. The Hall–Kier alpha value is -1.97. The number of aromatic nitrogens is 2. The second-order valence-corrected chi connectivity index (χ2v) is 5.21. The minimum atomic E-state index is -0.450. The molecule has 0 atom stereocenters. The molecule has 0 unspecified atom stereocenters. The van der Waals surface area contributed by atoms with E-state index in [1.807, 2.05) is 6.07 Å². The summed E-state index contributed by atoms with van der Waals surface area (Å²) in [5.41, 5.74) is 1.16. The lowest BCUT2D eigenvalue weighted by Gasteiger charge is -2.17. The lowest BCUT2D eigenvalue weighted by Crippen LogP contribution is -2.18. The molecule has 2 aromatic rings. The summed E-state index contributed by atoms with van der Waals surface area (Å²) in [6.07, 6.45) is 2.75. The van der Waals surface area contributed by atoms with Crippen molar-refractivity contribution in [3.05, 3.63) is 58.5 Å². The summed E-state index contributed by atoms with van der Waals surface area (Å²) in [6.45, 7) is 6.18. The zero-order valence-electron chi connectivity index (χ0n) is 10.6. The third kappa shape index (κ3) is 2.47. The molecule has 18 heavy (non-hydrogen) atoms. The van der Waals surface area contributed by atoms with Crippen LogP contribution in [0.1, 0.15) is 26.5 Å². The molecule has 0 saturated carbocycles. The van der Waals surface area contributed by atoms with E-state index >= 15 is 0 Å². The quantitative estimate of drug-likeness (QED) is 0.775. The molecule has 94 valence electrons. The largest absolute Gasteiger partial charge is 0.280 e. The molecule has 0 aliphatic rings. The second kappa shape index (κ2) is 4.37. The van der Waals surface area contributed by atoms with Crippen LogP contribution >= 0.6 is 0 Å². The average Bonchev–Trinajstić information content (AvgIpc) is 2.31. The van der Waals surface area contributed by atoms with Crippen LogP contribution in [0.4, 0.5) is 4.39 Å². The Balaban J connectivity index is 2.47. The van der Waals surface area contributed by atoms with Gasteiger partial charge < -0.3 is 0 Å². The van der Waals surface area contributed by atoms with Crippen LogP contribution in [0, 0.1) is 5.82 Å². The molecule has 2 heterocycles. The highest BCUT2D eigenvalue weighted by Crippen LogP contribution is 2.20. The first kappa shape index (κ1) is 12.5. The van der Waals surface area contributed by atoms with E-state index in [4.69, 9.17) is 0 Å². The molecule has 0 aliphatic heterocycles. The van der Waals surface area contributed by atoms with E-state index in [9.17, 15) is 9.18 Å². The molecule has 0 radical (unpaired) electrons. The predicted octanol–water partition coefficient (Wildman–Crippen LogP) is 2.67. The van der Waals surface area contributed by atoms with E-state index in [0.29, 0.717) is 5.69 Å². The van der Waals surface area contributed by atoms with E-state index in [0.717, 1.165) is 18.0 Å². The number of pyridine rings is 2. The molecular weight excluding hydrogens is 231 g/mol. The number of nitrogens with zero attached hydrogens (tertiary/aromatic N) is 2. The van der Waals surface area contributed by atoms with Crippen molar-refractivity contribution in [2.45, 2.75) is 26.2 Å². The summed E-state index contributed by atoms with van der Waals surface area (Å²) in [7, 11) is 0. The van der Waals surface area contributed by atoms with E-state index in [-0.39, 0.29) is 11.0 Å². The van der Waals surface area contributed by atoms with Crippen molar-refractivity contribution < 1.29 is 4.39 Å². The van der Waals surface area contributed by atoms with E-state index < -0.39 is 5.82 Å². The van der Waals surface area contributed by atoms with Gasteiger partial charge in [0.15, 0.2) is 0 Å². The van der Waals surface area contributed by atoms with Gasteiger partial charge in [-0.3, -0.25) is 14.3 Å². The van der Waals surface area contributed by atoms with Crippen molar-refractivity contribution >= 4 is 0 Å². The van der Waals surface area contributed by atoms with Gasteiger partial charge in [-0.15, -0.1) is 0 Å². The molecule has 0 amide bonds. The average molecular weight is 246 g/mol. The van der Waals surface area contributed by atoms with Gasteiger partial charge in [-0.1, -0.05) is 20.8 Å². The van der Waals surface area contributed by atoms with Crippen LogP contribution in [0.5, 0.6) is 0 Å². The topological polar surface area (TPSA) is 34.9 Å². The summed E-state index contributed by atoms with van der Waals surface area (Å²) >= 11 is 0. The van der Waals surface area contributed by atoms with Gasteiger partial charge in [-0.05, 0) is 18.2 Å². The normalized spacial score (nSPS) is 11.6. The number of hydrogen-bond acceptors (Lipinski definition) is 2. The van der Waals surface area contributed by atoms with Crippen molar-refractivity contribution in [1.82, 2.24) is 9.55 Å². The van der Waals surface area contributed by atoms with Gasteiger partial charge in [0.25, 0.3) is 5.56 Å². The minimum absolute atomic E-state index is 0.0502. The molecule has 0 saturated heterocycles. The summed E-state index contributed by atoms with van der Waals surface area (Å²) < 4.78 is 14.4. The van der Waals surface area contributed by atoms with Crippen LogP contribution in [0.15, 0.2) is 41.5 Å². The Labute approximate surface area is 105 Å². The fourth-order valence-electron chi connectivity index (χ4n) is 1.64. The van der Waals surface area contributed by atoms with Crippen LogP contribution in [0.25, 0.3) is 5.69 Å². The van der Waals surface area contributed by atoms with Gasteiger partial charge in [0.05, 0.1) is 11.9 Å². The van der Waals surface area contributed by atoms with Crippen LogP contribution in [-0.4, -0.2) is 9.55 Å². The van der Waals surface area contributed by atoms with Gasteiger partial charge in [0.1, 0.15) is 5.82 Å². The maximum Gasteiger partial charge on any atom is 0.255 e. The van der Waals surface area contributed by atoms with Crippen LogP contribution in [0.2, 0.25) is 0 Å². The first-order chi connectivity index (χ1) is 8.38. The third-order valence-corrected chi connectivity index (χ3v) is 2.67. The molecule has 3 nitrogen and oxygen atoms in total. The van der Waals surface area contributed by atoms with Gasteiger partial charge in [-0.2, -0.15) is 0 Å². The predicted molar refractivity (Wildman–Crippen MR) is 68.5 cm³/mol. The van der Waals surface area contributed by atoms with Crippen molar-refractivity contribution in [3.8, 4) is 5.69 Å². The van der Waals surface area contributed by atoms with Crippen molar-refractivity contribution in [2.24, 2.45) is 0 Å². The fraction of sp³-hybridized carbons (Fsp3) is 0.286. The molecule has 2 aromatic heterocycles. The molecule has 2 rings (SSSR count). The highest BCUT2D eigenvalue weighted by molar-refractivity contribution is 5.31. The number of halogens is 1. The van der Waals surface area contributed by atoms with Gasteiger partial charge >= 0.3 is 0 Å². The number of hydrogen-bond donors (Lipinski definition) is 0. The maximum atomic E-state index is 13.1. The van der Waals surface area contributed by atoms with Gasteiger partial charge in [0.2, 0.25) is 0 Å². The molecule has 0 aromatic carbocycles. The maximum absolute atomic E-state index is 13.1. The summed E-state index contributed by atoms with van der Waals surface area (Å²) in [6, 6.07) is 5.98. The Kier molecular flexibility index (Phi) is 3.03. The highest BCUT2D eigenvalue weighted by atomic mass is 19.1. The number of rotatable bonds is 1. The Morgan fingerprint density at radius 3 is 2.44 bits per heavy atom. The monoisotopic (exact) mass is 246 g/mol. The van der Waals surface area contributed by atoms with E-state index in [1.165, 1.54) is 10.6 Å². The Morgan fingerprint density at radius 1 is 1.17 bits per heavy atom. The van der Waals surface area contributed by atoms with Crippen LogP contribution < -0.4 is 5.56 Å². The second-order valence-electron chi connectivity index (χ2n) is 5.21. The zero-order chi connectivity index (χ0) is 13.3. The van der Waals surface area contributed by atoms with Gasteiger partial charge in [0, 0.05) is 23.4 Å². The lowest BCUT2D eigenvalue weighted by molar-refractivity contribution is 0.568. The Morgan fingerprint density at radius 2 is 1.89 bits per heavy atom. The van der Waals surface area contributed by atoms with Crippen LogP contribution in [-0.2, 0) is 5.41 Å². The lowest BCUT2D eigenvalue weighted by atomic mass is 9.92. The molecule has 0 N–H and O–H groups in total. The van der Waals surface area contributed by atoms with Crippen molar-refractivity contribution in [3.63, 3.8) is 0 Å². The molecule has 4 heteroatoms. The van der Waals surface area contributed by atoms with Crippen molar-refractivity contribution in [1.29, 1.82) is 0 Å². The molecule has 0 aliphatic carbocycles. The van der Waals surface area contributed by atoms with E-state index in [2.05, 4.69) is 25.8 Å². The zero-order valence-corrected chi connectivity index (χ0v) is 10.6. The van der Waals surface area contributed by atoms with Crippen molar-refractivity contribution in [2.75, 3.05) is 0 Å². The highest BCUT2D eigenvalue weighted by Gasteiger charge is 2.15. The summed E-state index contributed by atoms with van der Waals surface area (Å²) in [5, 5.41) is 0. The smallest absolute Gasteiger partial charge is 0.255 e. The Bertz CT molecular complexity index is 609. The molecule has 0 fully saturated rings. The SMILES string of the molecule is CC(C)(C)c1ccc(-n2cc(F)ccc2=O)cn1. The van der Waals surface area contributed by atoms with Crippen LogP contribution in [0.3, 0.4) is 0 Å². The molecule has 0 bridgehead atoms. The molecular formula is C14H15FN2O. The summed E-state index contributed by atoms with van der Waals surface area (Å²) in [4.78, 5) is 15.9. The van der Waals surface area contributed by atoms with E-state index in [1.54, 1.807) is 12.3 Å². The standard InChI is InChI=1S/C14H15FN2O/c1-14(2,3)12-6-5-11(8-16-12)17-9-10(15)4-7-13(17)18/h4-9H,1-3H3.